The number of hydrogen-bond acceptors (Lipinski definition) is 7. The monoisotopic (exact) mass is 437 g/mol. The minimum atomic E-state index is -1.19. The quantitative estimate of drug-likeness (QED) is 0.203. The largest absolute Gasteiger partial charge is 0.480 e. The second-order valence-corrected chi connectivity index (χ2v) is 7.53. The van der Waals surface area contributed by atoms with Gasteiger partial charge in [-0.05, 0) is 32.2 Å². The number of carboxylic acids is 1. The van der Waals surface area contributed by atoms with Crippen molar-refractivity contribution in [3.63, 3.8) is 0 Å². The van der Waals surface area contributed by atoms with E-state index in [2.05, 4.69) is 20.6 Å². The van der Waals surface area contributed by atoms with Gasteiger partial charge in [-0.2, -0.15) is 0 Å². The summed E-state index contributed by atoms with van der Waals surface area (Å²) in [6, 6.07) is -2.67. The fourth-order valence-electron chi connectivity index (χ4n) is 3.46. The Morgan fingerprint density at radius 3 is 2.74 bits per heavy atom. The summed E-state index contributed by atoms with van der Waals surface area (Å²) >= 11 is 0. The number of carbonyl (C=O) groups excluding carboxylic acids is 3. The fourth-order valence-corrected chi connectivity index (χ4v) is 3.46. The maximum Gasteiger partial charge on any atom is 0.326 e. The van der Waals surface area contributed by atoms with Gasteiger partial charge >= 0.3 is 5.97 Å². The van der Waals surface area contributed by atoms with E-state index in [1.807, 2.05) is 0 Å². The zero-order valence-electron chi connectivity index (χ0n) is 17.4. The molecule has 0 aliphatic carbocycles. The number of likely N-dealkylation sites (tertiary alicyclic amines) is 1. The smallest absolute Gasteiger partial charge is 0.326 e. The number of aromatic amines is 1. The summed E-state index contributed by atoms with van der Waals surface area (Å²) in [6.45, 7) is 0.604. The molecule has 1 aromatic rings. The van der Waals surface area contributed by atoms with E-state index in [-0.39, 0.29) is 13.0 Å². The topological polar surface area (TPSA) is 197 Å². The second-order valence-electron chi connectivity index (χ2n) is 7.53. The lowest BCUT2D eigenvalue weighted by Crippen LogP contribution is -2.53. The summed E-state index contributed by atoms with van der Waals surface area (Å²) in [5.41, 5.74) is 11.8. The summed E-state index contributed by atoms with van der Waals surface area (Å²) < 4.78 is 0. The molecule has 31 heavy (non-hydrogen) atoms. The van der Waals surface area contributed by atoms with Gasteiger partial charge in [-0.3, -0.25) is 14.4 Å². The molecule has 12 nitrogen and oxygen atoms in total. The van der Waals surface area contributed by atoms with Crippen LogP contribution >= 0.6 is 0 Å². The molecule has 0 radical (unpaired) electrons. The van der Waals surface area contributed by atoms with Gasteiger partial charge in [0.15, 0.2) is 0 Å². The van der Waals surface area contributed by atoms with Gasteiger partial charge in [0.25, 0.3) is 0 Å². The van der Waals surface area contributed by atoms with E-state index >= 15 is 0 Å². The molecule has 1 fully saturated rings. The minimum Gasteiger partial charge on any atom is -0.480 e. The van der Waals surface area contributed by atoms with Crippen LogP contribution in [0.1, 0.15) is 37.8 Å². The number of aliphatic carboxylic acids is 1. The van der Waals surface area contributed by atoms with Crippen LogP contribution in [0.5, 0.6) is 0 Å². The van der Waals surface area contributed by atoms with Crippen LogP contribution in [0.2, 0.25) is 0 Å². The molecule has 3 unspecified atom stereocenters. The molecule has 1 aromatic heterocycles. The molecule has 2 heterocycles. The van der Waals surface area contributed by atoms with Crippen LogP contribution in [-0.2, 0) is 25.6 Å². The van der Waals surface area contributed by atoms with Crippen LogP contribution in [0.15, 0.2) is 12.5 Å². The molecule has 1 aliphatic heterocycles. The SMILES string of the molecule is NCCCCC(N)C(=O)NCC(=O)N1CCCC1C(=O)NC(Cc1cnc[nH]1)C(=O)O. The highest BCUT2D eigenvalue weighted by atomic mass is 16.4. The first-order valence-corrected chi connectivity index (χ1v) is 10.4. The maximum absolute atomic E-state index is 12.7. The van der Waals surface area contributed by atoms with E-state index in [9.17, 15) is 24.3 Å². The van der Waals surface area contributed by atoms with Gasteiger partial charge in [-0.25, -0.2) is 9.78 Å². The van der Waals surface area contributed by atoms with Crippen molar-refractivity contribution in [1.82, 2.24) is 25.5 Å². The van der Waals surface area contributed by atoms with Crippen LogP contribution in [0.3, 0.4) is 0 Å². The van der Waals surface area contributed by atoms with E-state index in [1.54, 1.807) is 0 Å². The molecule has 12 heteroatoms. The third-order valence-corrected chi connectivity index (χ3v) is 5.19. The van der Waals surface area contributed by atoms with Crippen molar-refractivity contribution in [1.29, 1.82) is 0 Å². The first-order chi connectivity index (χ1) is 14.8. The molecule has 8 N–H and O–H groups in total. The van der Waals surface area contributed by atoms with Crippen molar-refractivity contribution in [3.8, 4) is 0 Å². The zero-order chi connectivity index (χ0) is 22.8. The molecular formula is C19H31N7O5. The Bertz CT molecular complexity index is 755. The summed E-state index contributed by atoms with van der Waals surface area (Å²) in [6.07, 6.45) is 5.93. The first-order valence-electron chi connectivity index (χ1n) is 10.4. The van der Waals surface area contributed by atoms with Crippen molar-refractivity contribution in [2.45, 2.75) is 56.7 Å². The van der Waals surface area contributed by atoms with E-state index in [1.165, 1.54) is 17.4 Å². The third-order valence-electron chi connectivity index (χ3n) is 5.19. The molecule has 3 amide bonds. The Balaban J connectivity index is 1.87. The van der Waals surface area contributed by atoms with Crippen molar-refractivity contribution < 1.29 is 24.3 Å². The normalized spacial score (nSPS) is 17.7. The standard InChI is InChI=1S/C19H31N7O5/c20-6-2-1-4-13(21)17(28)23-10-16(27)26-7-3-5-15(26)18(29)25-14(19(30)31)8-12-9-22-11-24-12/h9,11,13-15H,1-8,10,20-21H2,(H,22,24)(H,23,28)(H,25,29)(H,30,31). The number of hydrogen-bond donors (Lipinski definition) is 6. The van der Waals surface area contributed by atoms with Gasteiger partial charge in [0.05, 0.1) is 18.9 Å². The van der Waals surface area contributed by atoms with E-state index in [0.29, 0.717) is 38.0 Å². The van der Waals surface area contributed by atoms with Gasteiger partial charge in [0.2, 0.25) is 17.7 Å². The number of H-pyrrole nitrogens is 1. The molecule has 3 atom stereocenters. The Kier molecular flexibility index (Phi) is 9.40. The van der Waals surface area contributed by atoms with Crippen molar-refractivity contribution in [3.05, 3.63) is 18.2 Å². The Morgan fingerprint density at radius 1 is 1.32 bits per heavy atom. The number of rotatable bonds is 12. The van der Waals surface area contributed by atoms with Gasteiger partial charge in [-0.15, -0.1) is 0 Å². The lowest BCUT2D eigenvalue weighted by molar-refractivity contribution is -0.144. The predicted octanol–water partition coefficient (Wildman–Crippen LogP) is -1.91. The van der Waals surface area contributed by atoms with Gasteiger partial charge < -0.3 is 37.1 Å². The number of amides is 3. The molecule has 0 spiro atoms. The molecule has 0 bridgehead atoms. The van der Waals surface area contributed by atoms with Crippen LogP contribution in [-0.4, -0.2) is 81.4 Å². The van der Waals surface area contributed by atoms with Crippen LogP contribution in [0, 0.1) is 0 Å². The zero-order valence-corrected chi connectivity index (χ0v) is 17.4. The molecule has 0 aromatic carbocycles. The Morgan fingerprint density at radius 2 is 2.10 bits per heavy atom. The van der Waals surface area contributed by atoms with Gasteiger partial charge in [-0.1, -0.05) is 6.42 Å². The number of carbonyl (C=O) groups is 4. The van der Waals surface area contributed by atoms with E-state index in [0.717, 1.165) is 12.8 Å². The number of nitrogens with one attached hydrogen (secondary N) is 3. The highest BCUT2D eigenvalue weighted by Gasteiger charge is 2.36. The van der Waals surface area contributed by atoms with E-state index < -0.39 is 41.8 Å². The number of nitrogens with two attached hydrogens (primary N) is 2. The lowest BCUT2D eigenvalue weighted by Gasteiger charge is -2.25. The highest BCUT2D eigenvalue weighted by Crippen LogP contribution is 2.18. The van der Waals surface area contributed by atoms with Gasteiger partial charge in [0, 0.05) is 24.9 Å². The molecule has 2 rings (SSSR count). The molecule has 172 valence electrons. The minimum absolute atomic E-state index is 0.0415. The number of nitrogens with zero attached hydrogens (tertiary/aromatic N) is 2. The van der Waals surface area contributed by atoms with Crippen LogP contribution in [0.25, 0.3) is 0 Å². The van der Waals surface area contributed by atoms with Crippen molar-refractivity contribution >= 4 is 23.7 Å². The number of imidazole rings is 1. The summed E-state index contributed by atoms with van der Waals surface area (Å²) in [4.78, 5) is 56.8. The molecule has 1 aliphatic rings. The predicted molar refractivity (Wildman–Crippen MR) is 110 cm³/mol. The number of unbranched alkanes of at least 4 members (excludes halogenated alkanes) is 1. The van der Waals surface area contributed by atoms with Crippen molar-refractivity contribution in [2.24, 2.45) is 11.5 Å². The molecule has 1 saturated heterocycles. The Hall–Kier alpha value is -2.99. The lowest BCUT2D eigenvalue weighted by atomic mass is 10.1. The van der Waals surface area contributed by atoms with Gasteiger partial charge in [0.1, 0.15) is 12.1 Å². The summed E-state index contributed by atoms with van der Waals surface area (Å²) in [5, 5.41) is 14.4. The highest BCUT2D eigenvalue weighted by molar-refractivity contribution is 5.93. The second kappa shape index (κ2) is 12.0. The van der Waals surface area contributed by atoms with E-state index in [4.69, 9.17) is 11.5 Å². The van der Waals surface area contributed by atoms with Crippen LogP contribution in [0.4, 0.5) is 0 Å². The molecular weight excluding hydrogens is 406 g/mol. The first kappa shape index (κ1) is 24.3. The Labute approximate surface area is 180 Å². The van der Waals surface area contributed by atoms with Crippen molar-refractivity contribution in [2.75, 3.05) is 19.6 Å². The average Bonchev–Trinajstić information content (AvgIpc) is 3.43. The van der Waals surface area contributed by atoms with Crippen LogP contribution < -0.4 is 22.1 Å². The maximum atomic E-state index is 12.7. The third kappa shape index (κ3) is 7.33. The average molecular weight is 438 g/mol. The summed E-state index contributed by atoms with van der Waals surface area (Å²) in [5.74, 6) is -2.58. The number of carboxylic acid groups (broad SMARTS) is 1. The summed E-state index contributed by atoms with van der Waals surface area (Å²) in [7, 11) is 0. The fraction of sp³-hybridized carbons (Fsp3) is 0.632. The molecule has 0 saturated carbocycles. The number of aromatic nitrogens is 2.